The molecule has 1 unspecified atom stereocenters. The summed E-state index contributed by atoms with van der Waals surface area (Å²) in [7, 11) is 4.65. The highest BCUT2D eigenvalue weighted by molar-refractivity contribution is 5.91. The van der Waals surface area contributed by atoms with E-state index in [9.17, 15) is 9.59 Å². The maximum atomic E-state index is 12.9. The van der Waals surface area contributed by atoms with E-state index in [2.05, 4.69) is 5.32 Å². The molecule has 3 rings (SSSR count). The average Bonchev–Trinajstić information content (AvgIpc) is 3.24. The minimum atomic E-state index is -0.227. The molecule has 0 saturated carbocycles. The number of likely N-dealkylation sites (tertiary alicyclic amines) is 1. The summed E-state index contributed by atoms with van der Waals surface area (Å²) in [5.74, 6) is 1.14. The Labute approximate surface area is 177 Å². The van der Waals surface area contributed by atoms with Gasteiger partial charge in [-0.15, -0.1) is 0 Å². The highest BCUT2D eigenvalue weighted by atomic mass is 16.5. The second-order valence-electron chi connectivity index (χ2n) is 7.46. The first kappa shape index (κ1) is 22.2. The zero-order valence-electron chi connectivity index (χ0n) is 17.9. The molecule has 9 heteroatoms. The SMILES string of the molecule is COCC(=O)N(C1CCOCC1)C1CCN(C(=O)Nc2cc(OC)ccc2OC)C1. The average molecular weight is 421 g/mol. The van der Waals surface area contributed by atoms with Gasteiger partial charge in [-0.1, -0.05) is 0 Å². The van der Waals surface area contributed by atoms with Crippen LogP contribution in [-0.2, 0) is 14.3 Å². The highest BCUT2D eigenvalue weighted by Crippen LogP contribution is 2.30. The van der Waals surface area contributed by atoms with Crippen LogP contribution in [0.15, 0.2) is 18.2 Å². The van der Waals surface area contributed by atoms with Crippen LogP contribution in [0.4, 0.5) is 10.5 Å². The van der Waals surface area contributed by atoms with E-state index in [-0.39, 0.29) is 30.6 Å². The Morgan fingerprint density at radius 1 is 1.13 bits per heavy atom. The molecule has 3 amide bonds. The number of ether oxygens (including phenoxy) is 4. The van der Waals surface area contributed by atoms with Crippen LogP contribution in [0.3, 0.4) is 0 Å². The van der Waals surface area contributed by atoms with E-state index >= 15 is 0 Å². The first-order valence-electron chi connectivity index (χ1n) is 10.2. The van der Waals surface area contributed by atoms with E-state index in [1.807, 2.05) is 4.90 Å². The monoisotopic (exact) mass is 421 g/mol. The first-order valence-corrected chi connectivity index (χ1v) is 10.2. The molecule has 2 heterocycles. The van der Waals surface area contributed by atoms with Crippen molar-refractivity contribution in [2.75, 3.05) is 59.6 Å². The molecule has 2 saturated heterocycles. The number of nitrogens with zero attached hydrogens (tertiary/aromatic N) is 2. The maximum absolute atomic E-state index is 12.9. The van der Waals surface area contributed by atoms with E-state index in [0.717, 1.165) is 19.3 Å². The third-order valence-electron chi connectivity index (χ3n) is 5.63. The molecule has 1 aromatic carbocycles. The minimum Gasteiger partial charge on any atom is -0.497 e. The molecule has 1 atom stereocenters. The van der Waals surface area contributed by atoms with Gasteiger partial charge >= 0.3 is 6.03 Å². The number of methoxy groups -OCH3 is 3. The van der Waals surface area contributed by atoms with Crippen molar-refractivity contribution in [3.63, 3.8) is 0 Å². The molecule has 0 bridgehead atoms. The Bertz CT molecular complexity index is 737. The van der Waals surface area contributed by atoms with Gasteiger partial charge in [0.15, 0.2) is 0 Å². The Kier molecular flexibility index (Phi) is 7.75. The molecule has 0 aromatic heterocycles. The largest absolute Gasteiger partial charge is 0.497 e. The molecular weight excluding hydrogens is 390 g/mol. The molecule has 0 radical (unpaired) electrons. The van der Waals surface area contributed by atoms with Gasteiger partial charge in [0.05, 0.1) is 25.9 Å². The Morgan fingerprint density at radius 2 is 1.90 bits per heavy atom. The number of carbonyl (C=O) groups excluding carboxylic acids is 2. The van der Waals surface area contributed by atoms with Crippen molar-refractivity contribution in [2.45, 2.75) is 31.3 Å². The van der Waals surface area contributed by atoms with Crippen molar-refractivity contribution >= 4 is 17.6 Å². The zero-order chi connectivity index (χ0) is 21.5. The first-order chi connectivity index (χ1) is 14.6. The lowest BCUT2D eigenvalue weighted by Gasteiger charge is -2.38. The molecule has 1 aromatic rings. The summed E-state index contributed by atoms with van der Waals surface area (Å²) < 4.78 is 21.1. The summed E-state index contributed by atoms with van der Waals surface area (Å²) in [6.45, 7) is 2.39. The van der Waals surface area contributed by atoms with Gasteiger partial charge in [0, 0.05) is 45.5 Å². The molecular formula is C21H31N3O6. The van der Waals surface area contributed by atoms with Gasteiger partial charge in [-0.05, 0) is 31.4 Å². The fraction of sp³-hybridized carbons (Fsp3) is 0.619. The topological polar surface area (TPSA) is 89.6 Å². The number of amides is 3. The lowest BCUT2D eigenvalue weighted by molar-refractivity contribution is -0.142. The molecule has 2 fully saturated rings. The predicted molar refractivity (Wildman–Crippen MR) is 111 cm³/mol. The number of hydrogen-bond acceptors (Lipinski definition) is 6. The molecule has 0 aliphatic carbocycles. The molecule has 2 aliphatic heterocycles. The summed E-state index contributed by atoms with van der Waals surface area (Å²) in [6.07, 6.45) is 2.34. The zero-order valence-corrected chi connectivity index (χ0v) is 17.9. The van der Waals surface area contributed by atoms with Gasteiger partial charge in [-0.25, -0.2) is 4.79 Å². The number of carbonyl (C=O) groups is 2. The van der Waals surface area contributed by atoms with E-state index in [1.165, 1.54) is 7.11 Å². The maximum Gasteiger partial charge on any atom is 0.322 e. The van der Waals surface area contributed by atoms with Crippen molar-refractivity contribution < 1.29 is 28.5 Å². The predicted octanol–water partition coefficient (Wildman–Crippen LogP) is 1.96. The van der Waals surface area contributed by atoms with E-state index in [0.29, 0.717) is 43.5 Å². The fourth-order valence-corrected chi connectivity index (χ4v) is 4.13. The molecule has 166 valence electrons. The van der Waals surface area contributed by atoms with Gasteiger partial charge in [-0.2, -0.15) is 0 Å². The lowest BCUT2D eigenvalue weighted by Crippen LogP contribution is -2.51. The third kappa shape index (κ3) is 5.14. The Hall–Kier alpha value is -2.52. The Morgan fingerprint density at radius 3 is 2.57 bits per heavy atom. The van der Waals surface area contributed by atoms with Crippen molar-refractivity contribution in [3.05, 3.63) is 18.2 Å². The summed E-state index contributed by atoms with van der Waals surface area (Å²) in [5, 5.41) is 2.91. The quantitative estimate of drug-likeness (QED) is 0.724. The highest BCUT2D eigenvalue weighted by Gasteiger charge is 2.37. The van der Waals surface area contributed by atoms with E-state index < -0.39 is 0 Å². The van der Waals surface area contributed by atoms with Gasteiger partial charge in [-0.3, -0.25) is 4.79 Å². The number of benzene rings is 1. The van der Waals surface area contributed by atoms with Crippen molar-refractivity contribution in [3.8, 4) is 11.5 Å². The summed E-state index contributed by atoms with van der Waals surface area (Å²) in [6, 6.07) is 5.10. The van der Waals surface area contributed by atoms with Gasteiger partial charge in [0.2, 0.25) is 5.91 Å². The van der Waals surface area contributed by atoms with Crippen LogP contribution < -0.4 is 14.8 Å². The number of urea groups is 1. The van der Waals surface area contributed by atoms with Gasteiger partial charge in [0.1, 0.15) is 18.1 Å². The molecule has 30 heavy (non-hydrogen) atoms. The van der Waals surface area contributed by atoms with Gasteiger partial charge < -0.3 is 34.1 Å². The van der Waals surface area contributed by atoms with Crippen LogP contribution in [0.2, 0.25) is 0 Å². The summed E-state index contributed by atoms with van der Waals surface area (Å²) in [4.78, 5) is 29.3. The second-order valence-corrected chi connectivity index (χ2v) is 7.46. The van der Waals surface area contributed by atoms with Crippen LogP contribution in [0.1, 0.15) is 19.3 Å². The molecule has 1 N–H and O–H groups in total. The summed E-state index contributed by atoms with van der Waals surface area (Å²) >= 11 is 0. The standard InChI is InChI=1S/C21H31N3O6/c1-27-14-20(25)24(15-7-10-30-11-8-15)16-6-9-23(13-16)21(26)22-18-12-17(28-2)4-5-19(18)29-3/h4-5,12,15-16H,6-11,13-14H2,1-3H3,(H,22,26). The molecule has 2 aliphatic rings. The molecule has 9 nitrogen and oxygen atoms in total. The number of rotatable bonds is 7. The lowest BCUT2D eigenvalue weighted by atomic mass is 10.0. The van der Waals surface area contributed by atoms with Crippen LogP contribution in [0.5, 0.6) is 11.5 Å². The van der Waals surface area contributed by atoms with Crippen LogP contribution in [0, 0.1) is 0 Å². The van der Waals surface area contributed by atoms with Crippen LogP contribution in [0.25, 0.3) is 0 Å². The van der Waals surface area contributed by atoms with E-state index in [4.69, 9.17) is 18.9 Å². The number of nitrogens with one attached hydrogen (secondary N) is 1. The summed E-state index contributed by atoms with van der Waals surface area (Å²) in [5.41, 5.74) is 0.544. The normalized spacial score (nSPS) is 19.4. The van der Waals surface area contributed by atoms with Crippen LogP contribution in [-0.4, -0.2) is 88.1 Å². The van der Waals surface area contributed by atoms with Crippen molar-refractivity contribution in [1.82, 2.24) is 9.80 Å². The van der Waals surface area contributed by atoms with Crippen molar-refractivity contribution in [1.29, 1.82) is 0 Å². The van der Waals surface area contributed by atoms with Crippen LogP contribution >= 0.6 is 0 Å². The number of anilines is 1. The minimum absolute atomic E-state index is 0.0336. The van der Waals surface area contributed by atoms with E-state index in [1.54, 1.807) is 37.3 Å². The molecule has 0 spiro atoms. The smallest absolute Gasteiger partial charge is 0.322 e. The third-order valence-corrected chi connectivity index (χ3v) is 5.63. The fourth-order valence-electron chi connectivity index (χ4n) is 4.13. The second kappa shape index (κ2) is 10.5. The van der Waals surface area contributed by atoms with Crippen molar-refractivity contribution in [2.24, 2.45) is 0 Å². The Balaban J connectivity index is 1.68. The number of hydrogen-bond donors (Lipinski definition) is 1. The van der Waals surface area contributed by atoms with Gasteiger partial charge in [0.25, 0.3) is 0 Å².